The van der Waals surface area contributed by atoms with Crippen molar-refractivity contribution in [2.24, 2.45) is 0 Å². The molecule has 3 aromatic rings. The van der Waals surface area contributed by atoms with Gasteiger partial charge in [0.1, 0.15) is 5.75 Å². The van der Waals surface area contributed by atoms with Gasteiger partial charge in [0.2, 0.25) is 0 Å². The highest BCUT2D eigenvalue weighted by atomic mass is 35.5. The minimum atomic E-state index is -3.45. The van der Waals surface area contributed by atoms with E-state index in [1.54, 1.807) is 18.2 Å². The summed E-state index contributed by atoms with van der Waals surface area (Å²) in [7, 11) is -3.45. The number of ether oxygens (including phenoxy) is 1. The number of halogens is 2. The Bertz CT molecular complexity index is 1190. The van der Waals surface area contributed by atoms with Gasteiger partial charge in [-0.15, -0.1) is 0 Å². The van der Waals surface area contributed by atoms with Crippen molar-refractivity contribution in [3.63, 3.8) is 0 Å². The third-order valence-corrected chi connectivity index (χ3v) is 6.49. The minimum absolute atomic E-state index is 0.0577. The molecule has 0 saturated heterocycles. The Balaban J connectivity index is 1.79. The Hall–Kier alpha value is -2.35. The van der Waals surface area contributed by atoms with Crippen molar-refractivity contribution in [3.05, 3.63) is 63.8 Å². The molecule has 0 atom stereocenters. The summed E-state index contributed by atoms with van der Waals surface area (Å²) in [6, 6.07) is 11.0. The van der Waals surface area contributed by atoms with Crippen molar-refractivity contribution in [2.45, 2.75) is 18.2 Å². The van der Waals surface area contributed by atoms with E-state index >= 15 is 0 Å². The second-order valence-corrected chi connectivity index (χ2v) is 9.38. The monoisotopic (exact) mass is 453 g/mol. The summed E-state index contributed by atoms with van der Waals surface area (Å²) in [4.78, 5) is 15.6. The number of aromatic nitrogens is 1. The number of benzene rings is 2. The number of fused-ring (bicyclic) bond motifs is 1. The number of pyridine rings is 1. The summed E-state index contributed by atoms with van der Waals surface area (Å²) in [6.45, 7) is 1.88. The highest BCUT2D eigenvalue weighted by molar-refractivity contribution is 7.91. The molecule has 6 nitrogen and oxygen atoms in total. The quantitative estimate of drug-likeness (QED) is 0.516. The van der Waals surface area contributed by atoms with Crippen LogP contribution in [0.15, 0.2) is 47.4 Å². The molecule has 0 amide bonds. The maximum atomic E-state index is 12.5. The lowest BCUT2D eigenvalue weighted by molar-refractivity contribution is 0.0690. The van der Waals surface area contributed by atoms with E-state index in [1.165, 1.54) is 18.2 Å². The van der Waals surface area contributed by atoms with Crippen LogP contribution in [0, 0.1) is 6.92 Å². The van der Waals surface area contributed by atoms with Gasteiger partial charge in [0.25, 0.3) is 0 Å². The molecule has 1 aromatic heterocycles. The van der Waals surface area contributed by atoms with E-state index in [0.29, 0.717) is 10.4 Å². The Labute approximate surface area is 178 Å². The lowest BCUT2D eigenvalue weighted by atomic mass is 10.1. The van der Waals surface area contributed by atoms with Crippen LogP contribution < -0.4 is 4.74 Å². The molecule has 0 saturated carbocycles. The van der Waals surface area contributed by atoms with Crippen molar-refractivity contribution < 1.29 is 23.1 Å². The van der Waals surface area contributed by atoms with Crippen LogP contribution in [-0.2, 0) is 9.84 Å². The third-order valence-electron chi connectivity index (χ3n) is 4.17. The zero-order valence-electron chi connectivity index (χ0n) is 15.4. The van der Waals surface area contributed by atoms with Crippen LogP contribution in [0.3, 0.4) is 0 Å². The summed E-state index contributed by atoms with van der Waals surface area (Å²) < 4.78 is 30.6. The first kappa shape index (κ1) is 21.4. The van der Waals surface area contributed by atoms with Crippen LogP contribution >= 0.6 is 23.2 Å². The smallest absolute Gasteiger partial charge is 0.354 e. The van der Waals surface area contributed by atoms with E-state index in [-0.39, 0.29) is 45.7 Å². The molecule has 0 aliphatic heterocycles. The first-order valence-electron chi connectivity index (χ1n) is 8.63. The fourth-order valence-electron chi connectivity index (χ4n) is 2.83. The molecule has 1 N–H and O–H groups in total. The SMILES string of the molecule is Cc1cccc(S(=O)(=O)CCCOc2cc(C(=O)O)nc3cc(Cl)cc(Cl)c23)c1. The van der Waals surface area contributed by atoms with Crippen LogP contribution in [0.5, 0.6) is 5.75 Å². The average Bonchev–Trinajstić information content (AvgIpc) is 2.64. The number of aryl methyl sites for hydroxylation is 1. The fraction of sp³-hybridized carbons (Fsp3) is 0.200. The first-order chi connectivity index (χ1) is 13.7. The lowest BCUT2D eigenvalue weighted by Crippen LogP contribution is -2.11. The maximum Gasteiger partial charge on any atom is 0.354 e. The molecule has 0 spiro atoms. The molecule has 0 radical (unpaired) electrons. The Morgan fingerprint density at radius 3 is 2.62 bits per heavy atom. The molecular formula is C20H17Cl2NO5S. The van der Waals surface area contributed by atoms with Crippen molar-refractivity contribution >= 4 is 49.9 Å². The second kappa shape index (κ2) is 8.57. The van der Waals surface area contributed by atoms with Gasteiger partial charge in [-0.25, -0.2) is 18.2 Å². The number of hydrogen-bond acceptors (Lipinski definition) is 5. The zero-order chi connectivity index (χ0) is 21.2. The maximum absolute atomic E-state index is 12.5. The standard InChI is InChI=1S/C20H17Cl2NO5S/c1-12-4-2-5-14(8-12)29(26,27)7-3-6-28-18-11-17(20(24)25)23-16-10-13(21)9-15(22)19(16)18/h2,4-5,8-11H,3,6-7H2,1H3,(H,24,25). The van der Waals surface area contributed by atoms with Crippen molar-refractivity contribution in [1.82, 2.24) is 4.98 Å². The van der Waals surface area contributed by atoms with Crippen LogP contribution in [0.4, 0.5) is 0 Å². The molecule has 152 valence electrons. The average molecular weight is 454 g/mol. The van der Waals surface area contributed by atoms with Gasteiger partial charge < -0.3 is 9.84 Å². The van der Waals surface area contributed by atoms with Gasteiger partial charge in [0, 0.05) is 11.1 Å². The number of aromatic carboxylic acids is 1. The highest BCUT2D eigenvalue weighted by Crippen LogP contribution is 2.34. The van der Waals surface area contributed by atoms with Crippen LogP contribution in [0.1, 0.15) is 22.5 Å². The van der Waals surface area contributed by atoms with Gasteiger partial charge in [-0.05, 0) is 43.2 Å². The van der Waals surface area contributed by atoms with E-state index in [9.17, 15) is 18.3 Å². The van der Waals surface area contributed by atoms with E-state index in [1.807, 2.05) is 13.0 Å². The third kappa shape index (κ3) is 4.98. The molecule has 0 aliphatic carbocycles. The van der Waals surface area contributed by atoms with Crippen molar-refractivity contribution in [3.8, 4) is 5.75 Å². The molecule has 9 heteroatoms. The molecule has 3 rings (SSSR count). The van der Waals surface area contributed by atoms with E-state index in [0.717, 1.165) is 5.56 Å². The first-order valence-corrected chi connectivity index (χ1v) is 11.0. The fourth-order valence-corrected chi connectivity index (χ4v) is 4.79. The van der Waals surface area contributed by atoms with E-state index in [4.69, 9.17) is 27.9 Å². The normalized spacial score (nSPS) is 11.6. The number of nitrogens with zero attached hydrogens (tertiary/aromatic N) is 1. The number of hydrogen-bond donors (Lipinski definition) is 1. The van der Waals surface area contributed by atoms with Gasteiger partial charge in [-0.3, -0.25) is 0 Å². The number of carbonyl (C=O) groups is 1. The summed E-state index contributed by atoms with van der Waals surface area (Å²) in [6.07, 6.45) is 0.216. The van der Waals surface area contributed by atoms with E-state index < -0.39 is 15.8 Å². The molecule has 0 fully saturated rings. The zero-order valence-corrected chi connectivity index (χ0v) is 17.7. The molecule has 1 heterocycles. The van der Waals surface area contributed by atoms with Gasteiger partial charge in [-0.2, -0.15) is 0 Å². The second-order valence-electron chi connectivity index (χ2n) is 6.43. The molecule has 0 unspecified atom stereocenters. The molecule has 0 bridgehead atoms. The van der Waals surface area contributed by atoms with Gasteiger partial charge >= 0.3 is 5.97 Å². The largest absolute Gasteiger partial charge is 0.493 e. The number of sulfone groups is 1. The predicted molar refractivity (Wildman–Crippen MR) is 112 cm³/mol. The predicted octanol–water partition coefficient (Wildman–Crippen LogP) is 4.79. The van der Waals surface area contributed by atoms with Gasteiger partial charge in [-0.1, -0.05) is 35.3 Å². The Morgan fingerprint density at radius 1 is 1.17 bits per heavy atom. The van der Waals surface area contributed by atoms with E-state index in [2.05, 4.69) is 4.98 Å². The Kier molecular flexibility index (Phi) is 6.31. The number of carboxylic acid groups (broad SMARTS) is 1. The summed E-state index contributed by atoms with van der Waals surface area (Å²) >= 11 is 12.2. The molecule has 2 aromatic carbocycles. The summed E-state index contributed by atoms with van der Waals surface area (Å²) in [5.74, 6) is -1.12. The molecular weight excluding hydrogens is 437 g/mol. The number of carboxylic acids is 1. The van der Waals surface area contributed by atoms with Crippen molar-refractivity contribution in [1.29, 1.82) is 0 Å². The summed E-state index contributed by atoms with van der Waals surface area (Å²) in [5.41, 5.74) is 0.920. The van der Waals surface area contributed by atoms with Crippen LogP contribution in [-0.4, -0.2) is 36.8 Å². The van der Waals surface area contributed by atoms with Crippen LogP contribution in [0.2, 0.25) is 10.0 Å². The molecule has 29 heavy (non-hydrogen) atoms. The molecule has 0 aliphatic rings. The number of rotatable bonds is 7. The Morgan fingerprint density at radius 2 is 1.93 bits per heavy atom. The lowest BCUT2D eigenvalue weighted by Gasteiger charge is -2.12. The van der Waals surface area contributed by atoms with Gasteiger partial charge in [0.15, 0.2) is 15.5 Å². The topological polar surface area (TPSA) is 93.6 Å². The van der Waals surface area contributed by atoms with Gasteiger partial charge in [0.05, 0.1) is 33.2 Å². The minimum Gasteiger partial charge on any atom is -0.493 e. The summed E-state index contributed by atoms with van der Waals surface area (Å²) in [5, 5.41) is 10.3. The van der Waals surface area contributed by atoms with Crippen LogP contribution in [0.25, 0.3) is 10.9 Å². The highest BCUT2D eigenvalue weighted by Gasteiger charge is 2.17. The van der Waals surface area contributed by atoms with Crippen molar-refractivity contribution in [2.75, 3.05) is 12.4 Å².